The first kappa shape index (κ1) is 14.7. The minimum absolute atomic E-state index is 0.103. The Kier molecular flexibility index (Phi) is 4.89. The van der Waals surface area contributed by atoms with E-state index in [1.807, 2.05) is 6.92 Å². The molecular formula is C11H18N2O4S. The molecule has 7 heteroatoms. The molecule has 0 spiro atoms. The summed E-state index contributed by atoms with van der Waals surface area (Å²) in [5.74, 6) is -1.48. The lowest BCUT2D eigenvalue weighted by Crippen LogP contribution is -2.23. The van der Waals surface area contributed by atoms with E-state index in [-0.39, 0.29) is 11.5 Å². The number of ether oxygens (including phenoxy) is 1. The van der Waals surface area contributed by atoms with Gasteiger partial charge in [0.2, 0.25) is 0 Å². The number of carbonyl (C=O) groups excluding carboxylic acids is 1. The lowest BCUT2D eigenvalue weighted by Gasteiger charge is -2.09. The molecule has 0 radical (unpaired) electrons. The van der Waals surface area contributed by atoms with E-state index in [9.17, 15) is 13.2 Å². The average Bonchev–Trinajstić information content (AvgIpc) is 2.73. The highest BCUT2D eigenvalue weighted by molar-refractivity contribution is 7.90. The van der Waals surface area contributed by atoms with Crippen molar-refractivity contribution >= 4 is 15.8 Å². The first-order valence-electron chi connectivity index (χ1n) is 5.67. The molecule has 0 aliphatic heterocycles. The molecule has 0 amide bonds. The van der Waals surface area contributed by atoms with Gasteiger partial charge < -0.3 is 4.74 Å². The largest absolute Gasteiger partial charge is 0.469 e. The van der Waals surface area contributed by atoms with Crippen LogP contribution in [-0.4, -0.2) is 37.0 Å². The van der Waals surface area contributed by atoms with Crippen molar-refractivity contribution in [2.75, 3.05) is 12.9 Å². The summed E-state index contributed by atoms with van der Waals surface area (Å²) in [6, 6.07) is 0. The number of hydrogen-bond donors (Lipinski definition) is 0. The first-order chi connectivity index (χ1) is 8.38. The highest BCUT2D eigenvalue weighted by atomic mass is 32.2. The molecular weight excluding hydrogens is 256 g/mol. The van der Waals surface area contributed by atoms with Gasteiger partial charge in [-0.3, -0.25) is 9.48 Å². The molecule has 0 fully saturated rings. The van der Waals surface area contributed by atoms with E-state index in [1.165, 1.54) is 13.3 Å². The maximum atomic E-state index is 11.9. The van der Waals surface area contributed by atoms with Crippen LogP contribution in [0.25, 0.3) is 0 Å². The van der Waals surface area contributed by atoms with Gasteiger partial charge in [0.1, 0.15) is 0 Å². The topological polar surface area (TPSA) is 78.3 Å². The number of aryl methyl sites for hydroxylation is 1. The predicted molar refractivity (Wildman–Crippen MR) is 66.6 cm³/mol. The number of rotatable bonds is 6. The van der Waals surface area contributed by atoms with Gasteiger partial charge in [0.05, 0.1) is 30.7 Å². The van der Waals surface area contributed by atoms with E-state index in [0.717, 1.165) is 0 Å². The molecule has 0 N–H and O–H groups in total. The fraction of sp³-hybridized carbons (Fsp3) is 0.636. The van der Waals surface area contributed by atoms with Gasteiger partial charge in [-0.15, -0.1) is 0 Å². The van der Waals surface area contributed by atoms with Gasteiger partial charge in [0.25, 0.3) is 0 Å². The summed E-state index contributed by atoms with van der Waals surface area (Å²) in [5, 5.41) is 4.01. The number of nitrogens with zero attached hydrogens (tertiary/aromatic N) is 2. The zero-order chi connectivity index (χ0) is 13.8. The minimum atomic E-state index is -3.34. The maximum Gasteiger partial charge on any atom is 0.309 e. The smallest absolute Gasteiger partial charge is 0.309 e. The number of esters is 1. The Morgan fingerprint density at radius 3 is 2.72 bits per heavy atom. The van der Waals surface area contributed by atoms with Crippen molar-refractivity contribution in [1.82, 2.24) is 9.78 Å². The van der Waals surface area contributed by atoms with Gasteiger partial charge >= 0.3 is 5.97 Å². The summed E-state index contributed by atoms with van der Waals surface area (Å²) >= 11 is 0. The molecule has 0 saturated carbocycles. The highest BCUT2D eigenvalue weighted by Crippen LogP contribution is 2.10. The van der Waals surface area contributed by atoms with E-state index in [0.29, 0.717) is 12.1 Å². The van der Waals surface area contributed by atoms with Gasteiger partial charge in [-0.25, -0.2) is 8.42 Å². The predicted octanol–water partition coefficient (Wildman–Crippen LogP) is 0.627. The first-order valence-corrected chi connectivity index (χ1v) is 7.49. The summed E-state index contributed by atoms with van der Waals surface area (Å²) in [5.41, 5.74) is 0.633. The molecule has 102 valence electrons. The third-order valence-electron chi connectivity index (χ3n) is 2.50. The Labute approximate surface area is 107 Å². The van der Waals surface area contributed by atoms with E-state index < -0.39 is 21.7 Å². The SMILES string of the molecule is CCn1cc(CS(=O)(=O)CC(C)C(=O)OC)cn1. The third-order valence-corrected chi connectivity index (χ3v) is 4.29. The van der Waals surface area contributed by atoms with Gasteiger partial charge in [-0.05, 0) is 6.92 Å². The Balaban J connectivity index is 2.67. The maximum absolute atomic E-state index is 11.9. The molecule has 1 aromatic rings. The quantitative estimate of drug-likeness (QED) is 0.711. The highest BCUT2D eigenvalue weighted by Gasteiger charge is 2.22. The van der Waals surface area contributed by atoms with Crippen LogP contribution < -0.4 is 0 Å². The van der Waals surface area contributed by atoms with Crippen LogP contribution in [0.5, 0.6) is 0 Å². The van der Waals surface area contributed by atoms with Crippen LogP contribution in [0.3, 0.4) is 0 Å². The summed E-state index contributed by atoms with van der Waals surface area (Å²) in [7, 11) is -2.09. The van der Waals surface area contributed by atoms with Crippen molar-refractivity contribution in [2.24, 2.45) is 5.92 Å². The summed E-state index contributed by atoms with van der Waals surface area (Å²) in [6.45, 7) is 4.15. The van der Waals surface area contributed by atoms with E-state index >= 15 is 0 Å². The zero-order valence-electron chi connectivity index (χ0n) is 10.8. The number of carbonyl (C=O) groups is 1. The van der Waals surface area contributed by atoms with Crippen molar-refractivity contribution in [3.8, 4) is 0 Å². The van der Waals surface area contributed by atoms with Crippen molar-refractivity contribution in [3.05, 3.63) is 18.0 Å². The van der Waals surface area contributed by atoms with Crippen LogP contribution in [-0.2, 0) is 31.7 Å². The molecule has 1 heterocycles. The number of methoxy groups -OCH3 is 1. The second-order valence-electron chi connectivity index (χ2n) is 4.18. The molecule has 0 saturated heterocycles. The molecule has 0 bridgehead atoms. The van der Waals surface area contributed by atoms with Crippen LogP contribution in [0.15, 0.2) is 12.4 Å². The number of sulfone groups is 1. The lowest BCUT2D eigenvalue weighted by molar-refractivity contribution is -0.144. The Morgan fingerprint density at radius 2 is 2.22 bits per heavy atom. The van der Waals surface area contributed by atoms with Gasteiger partial charge in [0, 0.05) is 18.3 Å². The fourth-order valence-electron chi connectivity index (χ4n) is 1.62. The molecule has 6 nitrogen and oxygen atoms in total. The zero-order valence-corrected chi connectivity index (χ0v) is 11.6. The molecule has 1 aromatic heterocycles. The van der Waals surface area contributed by atoms with Crippen molar-refractivity contribution in [1.29, 1.82) is 0 Å². The van der Waals surface area contributed by atoms with Crippen molar-refractivity contribution < 1.29 is 17.9 Å². The lowest BCUT2D eigenvalue weighted by atomic mass is 10.2. The molecule has 0 aromatic carbocycles. The molecule has 1 unspecified atom stereocenters. The van der Waals surface area contributed by atoms with Crippen LogP contribution in [0.1, 0.15) is 19.4 Å². The number of hydrogen-bond acceptors (Lipinski definition) is 5. The minimum Gasteiger partial charge on any atom is -0.469 e. The molecule has 1 atom stereocenters. The third kappa shape index (κ3) is 4.14. The van der Waals surface area contributed by atoms with E-state index in [1.54, 1.807) is 17.8 Å². The molecule has 0 aliphatic carbocycles. The second-order valence-corrected chi connectivity index (χ2v) is 6.29. The van der Waals surface area contributed by atoms with Crippen LogP contribution in [0.2, 0.25) is 0 Å². The van der Waals surface area contributed by atoms with Crippen molar-refractivity contribution in [2.45, 2.75) is 26.1 Å². The fourth-order valence-corrected chi connectivity index (χ4v) is 3.29. The van der Waals surface area contributed by atoms with Crippen LogP contribution in [0, 0.1) is 5.92 Å². The summed E-state index contributed by atoms with van der Waals surface area (Å²) in [6.07, 6.45) is 3.23. The Bertz CT molecular complexity index is 507. The summed E-state index contributed by atoms with van der Waals surface area (Å²) in [4.78, 5) is 11.2. The van der Waals surface area contributed by atoms with Crippen LogP contribution in [0.4, 0.5) is 0 Å². The van der Waals surface area contributed by atoms with E-state index in [2.05, 4.69) is 9.84 Å². The average molecular weight is 274 g/mol. The number of aromatic nitrogens is 2. The molecule has 0 aliphatic rings. The van der Waals surface area contributed by atoms with Crippen molar-refractivity contribution in [3.63, 3.8) is 0 Å². The second kappa shape index (κ2) is 5.99. The molecule has 1 rings (SSSR count). The normalized spacial score (nSPS) is 13.3. The standard InChI is InChI=1S/C11H18N2O4S/c1-4-13-6-10(5-12-13)8-18(15,16)7-9(2)11(14)17-3/h5-6,9H,4,7-8H2,1-3H3. The van der Waals surface area contributed by atoms with Gasteiger partial charge in [-0.1, -0.05) is 6.92 Å². The summed E-state index contributed by atoms with van der Waals surface area (Å²) < 4.78 is 29.9. The van der Waals surface area contributed by atoms with E-state index in [4.69, 9.17) is 0 Å². The Morgan fingerprint density at radius 1 is 1.56 bits per heavy atom. The van der Waals surface area contributed by atoms with Gasteiger partial charge in [0.15, 0.2) is 9.84 Å². The molecule has 18 heavy (non-hydrogen) atoms. The van der Waals surface area contributed by atoms with Gasteiger partial charge in [-0.2, -0.15) is 5.10 Å². The monoisotopic (exact) mass is 274 g/mol. The Hall–Kier alpha value is -1.37. The van der Waals surface area contributed by atoms with Crippen LogP contribution >= 0.6 is 0 Å².